The first-order chi connectivity index (χ1) is 6.90. The van der Waals surface area contributed by atoms with Crippen molar-refractivity contribution in [3.05, 3.63) is 30.3 Å². The van der Waals surface area contributed by atoms with Gasteiger partial charge >= 0.3 is 0 Å². The highest BCUT2D eigenvalue weighted by Crippen LogP contribution is 2.20. The number of para-hydroxylation sites is 1. The van der Waals surface area contributed by atoms with Crippen molar-refractivity contribution in [2.45, 2.75) is 18.9 Å². The molecule has 0 aromatic heterocycles. The second kappa shape index (κ2) is 4.47. The predicted molar refractivity (Wildman–Crippen MR) is 58.7 cm³/mol. The topological polar surface area (TPSA) is 12.5 Å². The van der Waals surface area contributed by atoms with Crippen LogP contribution in [-0.4, -0.2) is 26.3 Å². The third-order valence-electron chi connectivity index (χ3n) is 2.83. The minimum atomic E-state index is 0.406. The first-order valence-electron chi connectivity index (χ1n) is 5.23. The lowest BCUT2D eigenvalue weighted by molar-refractivity contribution is 0.0893. The van der Waals surface area contributed by atoms with Crippen LogP contribution in [0.3, 0.4) is 0 Å². The largest absolute Gasteiger partial charge is 0.380 e. The summed E-state index contributed by atoms with van der Waals surface area (Å²) in [7, 11) is 1.80. The van der Waals surface area contributed by atoms with Gasteiger partial charge in [0.1, 0.15) is 0 Å². The van der Waals surface area contributed by atoms with E-state index in [1.54, 1.807) is 7.11 Å². The van der Waals surface area contributed by atoms with Crippen LogP contribution in [0.15, 0.2) is 30.3 Å². The van der Waals surface area contributed by atoms with Crippen LogP contribution >= 0.6 is 0 Å². The number of rotatable bonds is 2. The third kappa shape index (κ3) is 2.07. The van der Waals surface area contributed by atoms with Gasteiger partial charge in [0, 0.05) is 25.9 Å². The molecule has 2 rings (SSSR count). The molecule has 2 heteroatoms. The summed E-state index contributed by atoms with van der Waals surface area (Å²) in [6.45, 7) is 2.18. The molecule has 1 saturated heterocycles. The maximum absolute atomic E-state index is 5.40. The maximum Gasteiger partial charge on any atom is 0.0746 e. The summed E-state index contributed by atoms with van der Waals surface area (Å²) in [5.41, 5.74) is 1.31. The van der Waals surface area contributed by atoms with Gasteiger partial charge in [-0.25, -0.2) is 0 Å². The second-order valence-corrected chi connectivity index (χ2v) is 3.78. The first-order valence-corrected chi connectivity index (χ1v) is 5.23. The summed E-state index contributed by atoms with van der Waals surface area (Å²) in [6, 6.07) is 10.6. The smallest absolute Gasteiger partial charge is 0.0746 e. The van der Waals surface area contributed by atoms with Crippen molar-refractivity contribution in [1.82, 2.24) is 0 Å². The first kappa shape index (κ1) is 9.53. The number of methoxy groups -OCH3 is 1. The van der Waals surface area contributed by atoms with Gasteiger partial charge in [-0.05, 0) is 25.0 Å². The Morgan fingerprint density at radius 2 is 2.07 bits per heavy atom. The number of anilines is 1. The Labute approximate surface area is 85.5 Å². The quantitative estimate of drug-likeness (QED) is 0.711. The summed E-state index contributed by atoms with van der Waals surface area (Å²) in [5.74, 6) is 0. The normalized spacial score (nSPS) is 22.4. The van der Waals surface area contributed by atoms with Crippen LogP contribution in [-0.2, 0) is 4.74 Å². The summed E-state index contributed by atoms with van der Waals surface area (Å²) in [4.78, 5) is 2.40. The van der Waals surface area contributed by atoms with Crippen molar-refractivity contribution in [2.75, 3.05) is 25.1 Å². The zero-order valence-corrected chi connectivity index (χ0v) is 8.65. The second-order valence-electron chi connectivity index (χ2n) is 3.78. The Kier molecular flexibility index (Phi) is 3.04. The van der Waals surface area contributed by atoms with Gasteiger partial charge in [0.25, 0.3) is 0 Å². The number of hydrogen-bond donors (Lipinski definition) is 0. The van der Waals surface area contributed by atoms with Crippen LogP contribution < -0.4 is 4.90 Å². The molecular weight excluding hydrogens is 174 g/mol. The number of piperidine rings is 1. The molecule has 0 amide bonds. The third-order valence-corrected chi connectivity index (χ3v) is 2.83. The fourth-order valence-electron chi connectivity index (χ4n) is 2.00. The Bertz CT molecular complexity index is 273. The van der Waals surface area contributed by atoms with Crippen molar-refractivity contribution in [3.8, 4) is 0 Å². The number of hydrogen-bond acceptors (Lipinski definition) is 2. The van der Waals surface area contributed by atoms with Gasteiger partial charge < -0.3 is 9.64 Å². The van der Waals surface area contributed by atoms with Gasteiger partial charge in [-0.15, -0.1) is 0 Å². The van der Waals surface area contributed by atoms with E-state index in [2.05, 4.69) is 35.2 Å². The van der Waals surface area contributed by atoms with Crippen molar-refractivity contribution < 1.29 is 4.74 Å². The van der Waals surface area contributed by atoms with Crippen LogP contribution in [0.25, 0.3) is 0 Å². The van der Waals surface area contributed by atoms with Gasteiger partial charge in [-0.2, -0.15) is 0 Å². The fraction of sp³-hybridized carbons (Fsp3) is 0.500. The molecule has 0 radical (unpaired) electrons. The van der Waals surface area contributed by atoms with Gasteiger partial charge in [0.15, 0.2) is 0 Å². The molecule has 1 fully saturated rings. The van der Waals surface area contributed by atoms with Crippen LogP contribution in [0.5, 0.6) is 0 Å². The standard InChI is InChI=1S/C12H17NO/c1-14-12-8-5-9-13(10-12)11-6-3-2-4-7-11/h2-4,6-7,12H,5,8-10H2,1H3. The molecule has 76 valence electrons. The van der Waals surface area contributed by atoms with E-state index in [-0.39, 0.29) is 0 Å². The van der Waals surface area contributed by atoms with E-state index in [1.807, 2.05) is 0 Å². The monoisotopic (exact) mass is 191 g/mol. The van der Waals surface area contributed by atoms with Gasteiger partial charge in [0.05, 0.1) is 6.10 Å². The molecule has 0 bridgehead atoms. The van der Waals surface area contributed by atoms with Crippen molar-refractivity contribution in [2.24, 2.45) is 0 Å². The zero-order valence-electron chi connectivity index (χ0n) is 8.65. The van der Waals surface area contributed by atoms with E-state index in [4.69, 9.17) is 4.74 Å². The van der Waals surface area contributed by atoms with Crippen LogP contribution in [0.1, 0.15) is 12.8 Å². The molecule has 1 heterocycles. The zero-order chi connectivity index (χ0) is 9.80. The molecule has 0 N–H and O–H groups in total. The maximum atomic E-state index is 5.40. The highest BCUT2D eigenvalue weighted by atomic mass is 16.5. The minimum absolute atomic E-state index is 0.406. The van der Waals surface area contributed by atoms with E-state index in [9.17, 15) is 0 Å². The fourth-order valence-corrected chi connectivity index (χ4v) is 2.00. The Hall–Kier alpha value is -1.02. The molecule has 1 aromatic rings. The van der Waals surface area contributed by atoms with Gasteiger partial charge in [0.2, 0.25) is 0 Å². The van der Waals surface area contributed by atoms with E-state index in [0.717, 1.165) is 13.1 Å². The Morgan fingerprint density at radius 1 is 1.29 bits per heavy atom. The number of benzene rings is 1. The molecule has 0 saturated carbocycles. The summed E-state index contributed by atoms with van der Waals surface area (Å²) < 4.78 is 5.40. The summed E-state index contributed by atoms with van der Waals surface area (Å²) >= 11 is 0. The number of ether oxygens (including phenoxy) is 1. The number of nitrogens with zero attached hydrogens (tertiary/aromatic N) is 1. The molecule has 1 aromatic carbocycles. The molecule has 2 nitrogen and oxygen atoms in total. The van der Waals surface area contributed by atoms with Crippen LogP contribution in [0.2, 0.25) is 0 Å². The molecule has 14 heavy (non-hydrogen) atoms. The average Bonchev–Trinajstić information content (AvgIpc) is 2.30. The average molecular weight is 191 g/mol. The lowest BCUT2D eigenvalue weighted by atomic mass is 10.1. The molecule has 1 aliphatic rings. The molecule has 0 aliphatic carbocycles. The van der Waals surface area contributed by atoms with E-state index in [0.29, 0.717) is 6.10 Å². The van der Waals surface area contributed by atoms with Crippen molar-refractivity contribution in [1.29, 1.82) is 0 Å². The van der Waals surface area contributed by atoms with Crippen LogP contribution in [0, 0.1) is 0 Å². The molecular formula is C12H17NO. The summed E-state index contributed by atoms with van der Waals surface area (Å²) in [6.07, 6.45) is 2.83. The van der Waals surface area contributed by atoms with E-state index < -0.39 is 0 Å². The molecule has 1 unspecified atom stereocenters. The molecule has 0 spiro atoms. The Morgan fingerprint density at radius 3 is 2.79 bits per heavy atom. The van der Waals surface area contributed by atoms with E-state index in [1.165, 1.54) is 18.5 Å². The highest BCUT2D eigenvalue weighted by Gasteiger charge is 2.18. The van der Waals surface area contributed by atoms with Crippen molar-refractivity contribution in [3.63, 3.8) is 0 Å². The summed E-state index contributed by atoms with van der Waals surface area (Å²) in [5, 5.41) is 0. The Balaban J connectivity index is 2.04. The predicted octanol–water partition coefficient (Wildman–Crippen LogP) is 2.30. The lowest BCUT2D eigenvalue weighted by Gasteiger charge is -2.33. The van der Waals surface area contributed by atoms with E-state index >= 15 is 0 Å². The highest BCUT2D eigenvalue weighted by molar-refractivity contribution is 5.46. The van der Waals surface area contributed by atoms with Gasteiger partial charge in [-0.3, -0.25) is 0 Å². The van der Waals surface area contributed by atoms with Crippen LogP contribution in [0.4, 0.5) is 5.69 Å². The van der Waals surface area contributed by atoms with Gasteiger partial charge in [-0.1, -0.05) is 18.2 Å². The molecule has 1 atom stereocenters. The van der Waals surface area contributed by atoms with Crippen molar-refractivity contribution >= 4 is 5.69 Å². The lowest BCUT2D eigenvalue weighted by Crippen LogP contribution is -2.39. The molecule has 1 aliphatic heterocycles. The SMILES string of the molecule is COC1CCCN(c2ccccc2)C1. The minimum Gasteiger partial charge on any atom is -0.380 e.